The lowest BCUT2D eigenvalue weighted by Crippen LogP contribution is -2.18. The highest BCUT2D eigenvalue weighted by molar-refractivity contribution is 5.93. The molecule has 2 atom stereocenters. The highest BCUT2D eigenvalue weighted by Crippen LogP contribution is 2.29. The van der Waals surface area contributed by atoms with Gasteiger partial charge in [0.25, 0.3) is 0 Å². The van der Waals surface area contributed by atoms with Gasteiger partial charge in [-0.15, -0.1) is 0 Å². The van der Waals surface area contributed by atoms with E-state index < -0.39 is 0 Å². The Bertz CT molecular complexity index is 839. The van der Waals surface area contributed by atoms with Gasteiger partial charge in [0.2, 0.25) is 0 Å². The van der Waals surface area contributed by atoms with Crippen LogP contribution in [0.15, 0.2) is 30.6 Å². The molecule has 1 aliphatic rings. The second kappa shape index (κ2) is 6.28. The lowest BCUT2D eigenvalue weighted by Gasteiger charge is -2.16. The fraction of sp³-hybridized carbons (Fsp3) is 0.444. The topological polar surface area (TPSA) is 65.0 Å². The molecule has 6 nitrogen and oxygen atoms in total. The molecule has 0 unspecified atom stereocenters. The molecular formula is C18H22N4O2. The van der Waals surface area contributed by atoms with Crippen molar-refractivity contribution >= 4 is 10.9 Å². The van der Waals surface area contributed by atoms with Crippen LogP contribution in [-0.2, 0) is 11.3 Å². The smallest absolute Gasteiger partial charge is 0.120 e. The van der Waals surface area contributed by atoms with E-state index in [0.29, 0.717) is 12.5 Å². The molecule has 4 bridgehead atoms. The summed E-state index contributed by atoms with van der Waals surface area (Å²) >= 11 is 0. The van der Waals surface area contributed by atoms with Gasteiger partial charge in [-0.05, 0) is 31.0 Å². The molecule has 126 valence electrons. The first kappa shape index (κ1) is 15.2. The molecule has 3 aromatic rings. The Morgan fingerprint density at radius 1 is 1.29 bits per heavy atom. The van der Waals surface area contributed by atoms with Crippen LogP contribution in [0, 0.1) is 5.92 Å². The Balaban J connectivity index is 1.76. The quantitative estimate of drug-likeness (QED) is 0.689. The number of fused-ring (bicyclic) bond motifs is 4. The van der Waals surface area contributed by atoms with Crippen molar-refractivity contribution in [2.75, 3.05) is 13.2 Å². The zero-order valence-electron chi connectivity index (χ0n) is 14.0. The first-order chi connectivity index (χ1) is 11.7. The van der Waals surface area contributed by atoms with Crippen LogP contribution >= 0.6 is 0 Å². The number of hydrogen-bond donors (Lipinski definition) is 1. The van der Waals surface area contributed by atoms with Crippen LogP contribution < -0.4 is 4.74 Å². The third-order valence-corrected chi connectivity index (χ3v) is 4.35. The zero-order chi connectivity index (χ0) is 16.5. The Hall–Kier alpha value is -2.34. The van der Waals surface area contributed by atoms with Crippen LogP contribution in [0.5, 0.6) is 5.75 Å². The molecular weight excluding hydrogens is 304 g/mol. The van der Waals surface area contributed by atoms with Crippen LogP contribution in [0.25, 0.3) is 22.2 Å². The van der Waals surface area contributed by atoms with E-state index in [0.717, 1.165) is 47.5 Å². The number of aromatic nitrogens is 4. The lowest BCUT2D eigenvalue weighted by atomic mass is 10.1. The van der Waals surface area contributed by atoms with Gasteiger partial charge < -0.3 is 9.47 Å². The summed E-state index contributed by atoms with van der Waals surface area (Å²) in [6, 6.07) is 6.03. The maximum absolute atomic E-state index is 6.04. The van der Waals surface area contributed by atoms with Crippen LogP contribution in [0.3, 0.4) is 0 Å². The third kappa shape index (κ3) is 3.01. The molecule has 4 rings (SSSR count). The summed E-state index contributed by atoms with van der Waals surface area (Å²) in [5.74, 6) is 1.26. The standard InChI is InChI=1S/C18H22N4O2/c1-12-9-22-10-14(8-19-22)18-16-7-15(3-4-17(16)20-21-18)24-13(2)5-6-23-11-12/h3-4,7-8,10,12-13H,5-6,9,11H2,1-2H3,(H,20,21)/t12-,13+/m1/s1. The van der Waals surface area contributed by atoms with Gasteiger partial charge in [0.15, 0.2) is 0 Å². The van der Waals surface area contributed by atoms with Crippen LogP contribution in [0.1, 0.15) is 20.3 Å². The van der Waals surface area contributed by atoms with Crippen LogP contribution in [0.4, 0.5) is 0 Å². The second-order valence-electron chi connectivity index (χ2n) is 6.63. The molecule has 1 aromatic carbocycles. The SMILES string of the molecule is C[C@H]1COCC[C@H](C)Oc2ccc3[nH]nc(c3c2)-c2cnn(c2)C1. The normalized spacial score (nSPS) is 22.1. The maximum atomic E-state index is 6.04. The third-order valence-electron chi connectivity index (χ3n) is 4.35. The number of hydrogen-bond acceptors (Lipinski definition) is 4. The molecule has 24 heavy (non-hydrogen) atoms. The van der Waals surface area contributed by atoms with Crippen molar-refractivity contribution in [1.82, 2.24) is 20.0 Å². The molecule has 0 saturated heterocycles. The van der Waals surface area contributed by atoms with Gasteiger partial charge in [0.05, 0.1) is 31.0 Å². The summed E-state index contributed by atoms with van der Waals surface area (Å²) < 4.78 is 13.8. The van der Waals surface area contributed by atoms with E-state index in [9.17, 15) is 0 Å². The molecule has 1 aliphatic heterocycles. The first-order valence-corrected chi connectivity index (χ1v) is 8.44. The average Bonchev–Trinajstić information content (AvgIpc) is 3.17. The van der Waals surface area contributed by atoms with Gasteiger partial charge in [-0.25, -0.2) is 0 Å². The van der Waals surface area contributed by atoms with E-state index >= 15 is 0 Å². The number of nitrogens with one attached hydrogen (secondary N) is 1. The molecule has 0 fully saturated rings. The van der Waals surface area contributed by atoms with Crippen LogP contribution in [0.2, 0.25) is 0 Å². The van der Waals surface area contributed by atoms with Gasteiger partial charge in [-0.3, -0.25) is 9.78 Å². The molecule has 1 N–H and O–H groups in total. The van der Waals surface area contributed by atoms with Gasteiger partial charge in [-0.2, -0.15) is 10.2 Å². The van der Waals surface area contributed by atoms with E-state index in [-0.39, 0.29) is 6.10 Å². The largest absolute Gasteiger partial charge is 0.491 e. The number of ether oxygens (including phenoxy) is 2. The molecule has 2 aromatic heterocycles. The summed E-state index contributed by atoms with van der Waals surface area (Å²) in [6.45, 7) is 6.51. The molecule has 0 aliphatic carbocycles. The minimum atomic E-state index is 0.110. The second-order valence-corrected chi connectivity index (χ2v) is 6.63. The summed E-state index contributed by atoms with van der Waals surface area (Å²) in [7, 11) is 0. The highest BCUT2D eigenvalue weighted by atomic mass is 16.5. The monoisotopic (exact) mass is 326 g/mol. The molecule has 3 heterocycles. The van der Waals surface area contributed by atoms with E-state index in [1.54, 1.807) is 0 Å². The summed E-state index contributed by atoms with van der Waals surface area (Å²) in [5, 5.41) is 13.1. The van der Waals surface area contributed by atoms with E-state index in [2.05, 4.69) is 29.1 Å². The molecule has 0 radical (unpaired) electrons. The number of benzene rings is 1. The van der Waals surface area contributed by atoms with Crippen LogP contribution in [-0.4, -0.2) is 39.3 Å². The van der Waals surface area contributed by atoms with Gasteiger partial charge >= 0.3 is 0 Å². The van der Waals surface area contributed by atoms with E-state index in [4.69, 9.17) is 9.47 Å². The summed E-state index contributed by atoms with van der Waals surface area (Å²) in [4.78, 5) is 0. The number of H-pyrrole nitrogens is 1. The average molecular weight is 326 g/mol. The van der Waals surface area contributed by atoms with Crippen molar-refractivity contribution in [2.45, 2.75) is 32.9 Å². The first-order valence-electron chi connectivity index (χ1n) is 8.44. The highest BCUT2D eigenvalue weighted by Gasteiger charge is 2.14. The van der Waals surface area contributed by atoms with Crippen molar-refractivity contribution in [3.63, 3.8) is 0 Å². The van der Waals surface area contributed by atoms with Crippen molar-refractivity contribution < 1.29 is 9.47 Å². The number of rotatable bonds is 0. The van der Waals surface area contributed by atoms with Crippen molar-refractivity contribution in [3.8, 4) is 17.0 Å². The summed E-state index contributed by atoms with van der Waals surface area (Å²) in [6.07, 6.45) is 4.89. The number of nitrogens with zero attached hydrogens (tertiary/aromatic N) is 3. The fourth-order valence-electron chi connectivity index (χ4n) is 3.07. The van der Waals surface area contributed by atoms with Gasteiger partial charge in [0, 0.05) is 30.1 Å². The fourth-order valence-corrected chi connectivity index (χ4v) is 3.07. The lowest BCUT2D eigenvalue weighted by molar-refractivity contribution is 0.0730. The Kier molecular flexibility index (Phi) is 3.98. The van der Waals surface area contributed by atoms with Gasteiger partial charge in [-0.1, -0.05) is 6.92 Å². The predicted molar refractivity (Wildman–Crippen MR) is 92.0 cm³/mol. The Morgan fingerprint density at radius 2 is 2.21 bits per heavy atom. The molecule has 0 saturated carbocycles. The van der Waals surface area contributed by atoms with Crippen molar-refractivity contribution in [1.29, 1.82) is 0 Å². The summed E-state index contributed by atoms with van der Waals surface area (Å²) in [5.41, 5.74) is 2.92. The van der Waals surface area contributed by atoms with Gasteiger partial charge in [0.1, 0.15) is 11.4 Å². The minimum absolute atomic E-state index is 0.110. The number of aromatic amines is 1. The Morgan fingerprint density at radius 3 is 3.12 bits per heavy atom. The maximum Gasteiger partial charge on any atom is 0.120 e. The minimum Gasteiger partial charge on any atom is -0.491 e. The van der Waals surface area contributed by atoms with E-state index in [1.165, 1.54) is 0 Å². The van der Waals surface area contributed by atoms with Crippen molar-refractivity contribution in [2.24, 2.45) is 5.92 Å². The van der Waals surface area contributed by atoms with E-state index in [1.807, 2.05) is 35.3 Å². The molecule has 0 amide bonds. The molecule has 0 spiro atoms. The predicted octanol–water partition coefficient (Wildman–Crippen LogP) is 3.25. The zero-order valence-corrected chi connectivity index (χ0v) is 14.0. The Labute approximate surface area is 140 Å². The van der Waals surface area contributed by atoms with Crippen molar-refractivity contribution in [3.05, 3.63) is 30.6 Å². The molecule has 6 heteroatoms.